The number of amides is 2. The Kier molecular flexibility index (Phi) is 4.09. The highest BCUT2D eigenvalue weighted by molar-refractivity contribution is 9.11. The topological polar surface area (TPSA) is 65.0 Å². The summed E-state index contributed by atoms with van der Waals surface area (Å²) in [5.74, 6) is 0.134. The third-order valence-electron chi connectivity index (χ3n) is 1.35. The van der Waals surface area contributed by atoms with E-state index in [4.69, 9.17) is 5.41 Å². The Morgan fingerprint density at radius 2 is 2.36 bits per heavy atom. The monoisotopic (exact) mass is 275 g/mol. The summed E-state index contributed by atoms with van der Waals surface area (Å²) in [4.78, 5) is 12.1. The molecule has 0 aliphatic heterocycles. The minimum Gasteiger partial charge on any atom is -0.333 e. The number of halogens is 1. The summed E-state index contributed by atoms with van der Waals surface area (Å²) in [6.45, 7) is 2.00. The maximum Gasteiger partial charge on any atom is 0.320 e. The van der Waals surface area contributed by atoms with Crippen LogP contribution < -0.4 is 10.6 Å². The smallest absolute Gasteiger partial charge is 0.320 e. The van der Waals surface area contributed by atoms with Gasteiger partial charge in [-0.05, 0) is 35.0 Å². The molecule has 0 fully saturated rings. The van der Waals surface area contributed by atoms with E-state index in [9.17, 15) is 4.79 Å². The van der Waals surface area contributed by atoms with E-state index in [1.165, 1.54) is 6.92 Å². The van der Waals surface area contributed by atoms with Crippen LogP contribution in [0.2, 0.25) is 0 Å². The van der Waals surface area contributed by atoms with Crippen molar-refractivity contribution in [3.63, 3.8) is 0 Å². The zero-order chi connectivity index (χ0) is 10.6. The van der Waals surface area contributed by atoms with Crippen LogP contribution in [0.5, 0.6) is 0 Å². The van der Waals surface area contributed by atoms with Crippen LogP contribution in [0.15, 0.2) is 15.9 Å². The Labute approximate surface area is 94.3 Å². The molecule has 1 aromatic rings. The fourth-order valence-corrected chi connectivity index (χ4v) is 2.25. The fourth-order valence-electron chi connectivity index (χ4n) is 0.829. The van der Waals surface area contributed by atoms with Gasteiger partial charge in [0.05, 0.1) is 16.2 Å². The Balaban J connectivity index is 2.34. The largest absolute Gasteiger partial charge is 0.333 e. The Morgan fingerprint density at radius 3 is 2.86 bits per heavy atom. The summed E-state index contributed by atoms with van der Waals surface area (Å²) >= 11 is 4.90. The average molecular weight is 276 g/mol. The molecule has 0 unspecified atom stereocenters. The van der Waals surface area contributed by atoms with Gasteiger partial charge in [0.25, 0.3) is 0 Å². The third-order valence-corrected chi connectivity index (χ3v) is 2.98. The van der Waals surface area contributed by atoms with Gasteiger partial charge in [-0.25, -0.2) is 4.79 Å². The van der Waals surface area contributed by atoms with Crippen LogP contribution in [0.25, 0.3) is 0 Å². The second kappa shape index (κ2) is 5.11. The lowest BCUT2D eigenvalue weighted by Crippen LogP contribution is -2.37. The van der Waals surface area contributed by atoms with E-state index in [-0.39, 0.29) is 11.9 Å². The molecule has 4 nitrogen and oxygen atoms in total. The highest BCUT2D eigenvalue weighted by atomic mass is 79.9. The van der Waals surface area contributed by atoms with E-state index >= 15 is 0 Å². The molecule has 6 heteroatoms. The number of hydrogen-bond donors (Lipinski definition) is 3. The Hall–Kier alpha value is -0.880. The van der Waals surface area contributed by atoms with Crippen LogP contribution in [0.3, 0.4) is 0 Å². The maximum absolute atomic E-state index is 11.1. The van der Waals surface area contributed by atoms with E-state index in [1.807, 2.05) is 12.1 Å². The first-order valence-electron chi connectivity index (χ1n) is 3.92. The van der Waals surface area contributed by atoms with Crippen molar-refractivity contribution in [2.24, 2.45) is 0 Å². The molecule has 0 aliphatic rings. The van der Waals surface area contributed by atoms with Crippen LogP contribution in [0.4, 0.5) is 4.79 Å². The summed E-state index contributed by atoms with van der Waals surface area (Å²) in [5, 5.41) is 12.0. The van der Waals surface area contributed by atoms with Crippen LogP contribution >= 0.6 is 27.3 Å². The third kappa shape index (κ3) is 3.89. The highest BCUT2D eigenvalue weighted by Crippen LogP contribution is 2.21. The van der Waals surface area contributed by atoms with Crippen LogP contribution in [0, 0.1) is 5.41 Å². The fraction of sp³-hybridized carbons (Fsp3) is 0.250. The molecule has 76 valence electrons. The number of carbonyl (C=O) groups is 1. The molecule has 0 bridgehead atoms. The summed E-state index contributed by atoms with van der Waals surface area (Å²) < 4.78 is 1.04. The van der Waals surface area contributed by atoms with Crippen molar-refractivity contribution in [1.82, 2.24) is 10.6 Å². The molecule has 0 atom stereocenters. The molecule has 1 rings (SSSR count). The normalized spacial score (nSPS) is 9.57. The van der Waals surface area contributed by atoms with Gasteiger partial charge < -0.3 is 5.32 Å². The lowest BCUT2D eigenvalue weighted by atomic mass is 10.5. The first kappa shape index (κ1) is 11.2. The van der Waals surface area contributed by atoms with Gasteiger partial charge in [0.1, 0.15) is 0 Å². The van der Waals surface area contributed by atoms with Crippen molar-refractivity contribution in [3.05, 3.63) is 20.8 Å². The van der Waals surface area contributed by atoms with Gasteiger partial charge in [0, 0.05) is 4.88 Å². The molecule has 3 N–H and O–H groups in total. The zero-order valence-corrected chi connectivity index (χ0v) is 9.96. The minimum atomic E-state index is -0.345. The molecule has 0 saturated heterocycles. The van der Waals surface area contributed by atoms with E-state index in [2.05, 4.69) is 26.6 Å². The second-order valence-electron chi connectivity index (χ2n) is 2.64. The molecule has 1 heterocycles. The first-order valence-corrected chi connectivity index (χ1v) is 5.53. The van der Waals surface area contributed by atoms with Crippen molar-refractivity contribution in [1.29, 1.82) is 5.41 Å². The lowest BCUT2D eigenvalue weighted by Gasteiger charge is -2.03. The average Bonchev–Trinajstić information content (AvgIpc) is 2.47. The Morgan fingerprint density at radius 1 is 1.64 bits per heavy atom. The molecule has 1 aromatic heterocycles. The second-order valence-corrected chi connectivity index (χ2v) is 5.19. The van der Waals surface area contributed by atoms with Gasteiger partial charge >= 0.3 is 6.03 Å². The minimum absolute atomic E-state index is 0.134. The van der Waals surface area contributed by atoms with E-state index < -0.39 is 0 Å². The standard InChI is InChI=1S/C8H10BrN3OS/c1-5(10)12-8(13)11-4-6-2-3-7(9)14-6/h2-3H,4H2,1H3,(H3,10,11,12,13). The van der Waals surface area contributed by atoms with Gasteiger partial charge in [-0.15, -0.1) is 11.3 Å². The number of thiophene rings is 1. The van der Waals surface area contributed by atoms with Gasteiger partial charge in [-0.1, -0.05) is 0 Å². The molecular weight excluding hydrogens is 266 g/mol. The predicted molar refractivity (Wildman–Crippen MR) is 60.8 cm³/mol. The summed E-state index contributed by atoms with van der Waals surface area (Å²) in [6, 6.07) is 3.52. The first-order chi connectivity index (χ1) is 6.58. The van der Waals surface area contributed by atoms with Crippen molar-refractivity contribution >= 4 is 39.1 Å². The number of rotatable bonds is 2. The SMILES string of the molecule is CC(=N)NC(=O)NCc1ccc(Br)s1. The van der Waals surface area contributed by atoms with E-state index in [1.54, 1.807) is 11.3 Å². The van der Waals surface area contributed by atoms with E-state index in [0.29, 0.717) is 6.54 Å². The molecule has 0 radical (unpaired) electrons. The molecule has 0 aliphatic carbocycles. The summed E-state index contributed by atoms with van der Waals surface area (Å²) in [5.41, 5.74) is 0. The van der Waals surface area contributed by atoms with Crippen molar-refractivity contribution in [2.75, 3.05) is 0 Å². The van der Waals surface area contributed by atoms with E-state index in [0.717, 1.165) is 8.66 Å². The molecule has 0 spiro atoms. The van der Waals surface area contributed by atoms with Crippen molar-refractivity contribution in [3.8, 4) is 0 Å². The van der Waals surface area contributed by atoms with Gasteiger partial charge in [0.15, 0.2) is 0 Å². The number of urea groups is 1. The molecular formula is C8H10BrN3OS. The molecule has 0 aromatic carbocycles. The van der Waals surface area contributed by atoms with Crippen molar-refractivity contribution in [2.45, 2.75) is 13.5 Å². The zero-order valence-electron chi connectivity index (χ0n) is 7.56. The lowest BCUT2D eigenvalue weighted by molar-refractivity contribution is 0.245. The number of amidine groups is 1. The summed E-state index contributed by atoms with van der Waals surface area (Å²) in [6.07, 6.45) is 0. The number of carbonyl (C=O) groups excluding carboxylic acids is 1. The number of nitrogens with one attached hydrogen (secondary N) is 3. The molecule has 14 heavy (non-hydrogen) atoms. The van der Waals surface area contributed by atoms with Gasteiger partial charge in [0.2, 0.25) is 0 Å². The predicted octanol–water partition coefficient (Wildman–Crippen LogP) is 2.31. The van der Waals surface area contributed by atoms with Crippen LogP contribution in [-0.2, 0) is 6.54 Å². The quantitative estimate of drug-likeness (QED) is 0.563. The van der Waals surface area contributed by atoms with Gasteiger partial charge in [-0.3, -0.25) is 10.7 Å². The Bertz CT molecular complexity index is 350. The van der Waals surface area contributed by atoms with Crippen LogP contribution in [-0.4, -0.2) is 11.9 Å². The number of hydrogen-bond acceptors (Lipinski definition) is 3. The molecule has 0 saturated carbocycles. The summed E-state index contributed by atoms with van der Waals surface area (Å²) in [7, 11) is 0. The van der Waals surface area contributed by atoms with Crippen LogP contribution in [0.1, 0.15) is 11.8 Å². The highest BCUT2D eigenvalue weighted by Gasteiger charge is 2.01. The molecule has 2 amide bonds. The van der Waals surface area contributed by atoms with Crippen molar-refractivity contribution < 1.29 is 4.79 Å². The van der Waals surface area contributed by atoms with Gasteiger partial charge in [-0.2, -0.15) is 0 Å². The maximum atomic E-state index is 11.1.